The highest BCUT2D eigenvalue weighted by Crippen LogP contribution is 2.32. The van der Waals surface area contributed by atoms with Gasteiger partial charge in [-0.3, -0.25) is 9.59 Å². The number of carbonyl (C=O) groups excluding carboxylic acids is 2. The molecule has 0 aliphatic carbocycles. The van der Waals surface area contributed by atoms with Crippen molar-refractivity contribution < 1.29 is 9.59 Å². The summed E-state index contributed by atoms with van der Waals surface area (Å²) in [4.78, 5) is 25.8. The second kappa shape index (κ2) is 4.35. The van der Waals surface area contributed by atoms with Crippen molar-refractivity contribution in [3.05, 3.63) is 53.1 Å². The van der Waals surface area contributed by atoms with Gasteiger partial charge in [0.25, 0.3) is 11.8 Å². The molecular formula is C15H10N4O2. The summed E-state index contributed by atoms with van der Waals surface area (Å²) < 4.78 is 0. The molecule has 102 valence electrons. The van der Waals surface area contributed by atoms with Gasteiger partial charge in [0, 0.05) is 11.4 Å². The average molecular weight is 278 g/mol. The zero-order chi connectivity index (χ0) is 15.1. The van der Waals surface area contributed by atoms with E-state index in [0.717, 1.165) is 4.90 Å². The molecule has 3 rings (SSSR count). The van der Waals surface area contributed by atoms with E-state index in [-0.39, 0.29) is 22.4 Å². The highest BCUT2D eigenvalue weighted by molar-refractivity contribution is 6.35. The van der Waals surface area contributed by atoms with Crippen molar-refractivity contribution in [3.63, 3.8) is 0 Å². The third kappa shape index (κ3) is 1.80. The lowest BCUT2D eigenvalue weighted by Crippen LogP contribution is -2.30. The number of nitriles is 1. The SMILES string of the molecule is N#Cc1cc(N)ccc1N1C(=O)c2ccc(N)cc2C1=O. The quantitative estimate of drug-likeness (QED) is 0.606. The molecule has 1 aliphatic heterocycles. The summed E-state index contributed by atoms with van der Waals surface area (Å²) >= 11 is 0. The zero-order valence-corrected chi connectivity index (χ0v) is 10.8. The minimum atomic E-state index is -0.497. The molecule has 0 spiro atoms. The van der Waals surface area contributed by atoms with Gasteiger partial charge in [-0.05, 0) is 36.4 Å². The number of fused-ring (bicyclic) bond motifs is 1. The van der Waals surface area contributed by atoms with Crippen molar-refractivity contribution in [2.45, 2.75) is 0 Å². The van der Waals surface area contributed by atoms with Crippen LogP contribution in [0.3, 0.4) is 0 Å². The third-order valence-electron chi connectivity index (χ3n) is 3.29. The van der Waals surface area contributed by atoms with Crippen LogP contribution < -0.4 is 16.4 Å². The number of amides is 2. The number of carbonyl (C=O) groups is 2. The Kier molecular flexibility index (Phi) is 2.63. The van der Waals surface area contributed by atoms with E-state index in [4.69, 9.17) is 16.7 Å². The molecule has 2 aromatic rings. The molecule has 1 aliphatic rings. The zero-order valence-electron chi connectivity index (χ0n) is 10.8. The molecule has 0 fully saturated rings. The van der Waals surface area contributed by atoms with Crippen LogP contribution in [-0.2, 0) is 0 Å². The third-order valence-corrected chi connectivity index (χ3v) is 3.29. The van der Waals surface area contributed by atoms with E-state index in [2.05, 4.69) is 0 Å². The highest BCUT2D eigenvalue weighted by atomic mass is 16.2. The van der Waals surface area contributed by atoms with Gasteiger partial charge in [-0.15, -0.1) is 0 Å². The van der Waals surface area contributed by atoms with Gasteiger partial charge in [-0.2, -0.15) is 5.26 Å². The van der Waals surface area contributed by atoms with Crippen molar-refractivity contribution in [1.29, 1.82) is 5.26 Å². The largest absolute Gasteiger partial charge is 0.399 e. The molecule has 21 heavy (non-hydrogen) atoms. The number of nitrogens with zero attached hydrogens (tertiary/aromatic N) is 2. The maximum absolute atomic E-state index is 12.4. The second-order valence-electron chi connectivity index (χ2n) is 4.64. The highest BCUT2D eigenvalue weighted by Gasteiger charge is 2.37. The number of hydrogen-bond acceptors (Lipinski definition) is 5. The molecule has 0 aromatic heterocycles. The van der Waals surface area contributed by atoms with Gasteiger partial charge in [-0.25, -0.2) is 4.90 Å². The van der Waals surface area contributed by atoms with Crippen molar-refractivity contribution in [3.8, 4) is 6.07 Å². The Morgan fingerprint density at radius 3 is 2.24 bits per heavy atom. The van der Waals surface area contributed by atoms with E-state index >= 15 is 0 Å². The minimum Gasteiger partial charge on any atom is -0.399 e. The number of nitrogens with two attached hydrogens (primary N) is 2. The van der Waals surface area contributed by atoms with Gasteiger partial charge in [0.05, 0.1) is 22.4 Å². The molecule has 0 radical (unpaired) electrons. The summed E-state index contributed by atoms with van der Waals surface area (Å²) in [6.07, 6.45) is 0. The van der Waals surface area contributed by atoms with E-state index in [1.54, 1.807) is 6.07 Å². The Balaban J connectivity index is 2.17. The first-order chi connectivity index (χ1) is 10.0. The van der Waals surface area contributed by atoms with Crippen LogP contribution in [0.5, 0.6) is 0 Å². The van der Waals surface area contributed by atoms with Gasteiger partial charge in [0.15, 0.2) is 0 Å². The Labute approximate surface area is 120 Å². The molecule has 0 unspecified atom stereocenters. The number of hydrogen-bond donors (Lipinski definition) is 2. The van der Waals surface area contributed by atoms with Gasteiger partial charge in [-0.1, -0.05) is 0 Å². The van der Waals surface area contributed by atoms with E-state index in [1.165, 1.54) is 30.3 Å². The van der Waals surface area contributed by atoms with Gasteiger partial charge in [0.1, 0.15) is 6.07 Å². The molecule has 0 atom stereocenters. The van der Waals surface area contributed by atoms with Gasteiger partial charge < -0.3 is 11.5 Å². The lowest BCUT2D eigenvalue weighted by atomic mass is 10.1. The first-order valence-corrected chi connectivity index (χ1v) is 6.11. The topological polar surface area (TPSA) is 113 Å². The van der Waals surface area contributed by atoms with Crippen molar-refractivity contribution in [2.24, 2.45) is 0 Å². The van der Waals surface area contributed by atoms with E-state index in [9.17, 15) is 9.59 Å². The van der Waals surface area contributed by atoms with Crippen LogP contribution in [0.2, 0.25) is 0 Å². The summed E-state index contributed by atoms with van der Waals surface area (Å²) in [7, 11) is 0. The fraction of sp³-hybridized carbons (Fsp3) is 0. The van der Waals surface area contributed by atoms with Crippen molar-refractivity contribution in [2.75, 3.05) is 16.4 Å². The molecule has 4 N–H and O–H groups in total. The Hall–Kier alpha value is -3.33. The fourth-order valence-electron chi connectivity index (χ4n) is 2.32. The first kappa shape index (κ1) is 12.7. The number of nitrogen functional groups attached to an aromatic ring is 2. The summed E-state index contributed by atoms with van der Waals surface area (Å²) in [5, 5.41) is 9.16. The average Bonchev–Trinajstić information content (AvgIpc) is 2.71. The molecule has 2 aromatic carbocycles. The molecule has 1 heterocycles. The predicted molar refractivity (Wildman–Crippen MR) is 77.6 cm³/mol. The lowest BCUT2D eigenvalue weighted by Gasteiger charge is -2.15. The molecule has 0 saturated heterocycles. The Bertz CT molecular complexity index is 836. The van der Waals surface area contributed by atoms with Crippen LogP contribution in [-0.4, -0.2) is 11.8 Å². The van der Waals surface area contributed by atoms with Crippen molar-refractivity contribution in [1.82, 2.24) is 0 Å². The molecule has 0 bridgehead atoms. The monoisotopic (exact) mass is 278 g/mol. The lowest BCUT2D eigenvalue weighted by molar-refractivity contribution is 0.0926. The number of benzene rings is 2. The molecule has 2 amide bonds. The summed E-state index contributed by atoms with van der Waals surface area (Å²) in [6, 6.07) is 10.9. The maximum atomic E-state index is 12.4. The number of rotatable bonds is 1. The minimum absolute atomic E-state index is 0.164. The fourth-order valence-corrected chi connectivity index (χ4v) is 2.32. The smallest absolute Gasteiger partial charge is 0.266 e. The molecular weight excluding hydrogens is 268 g/mol. The van der Waals surface area contributed by atoms with Crippen LogP contribution in [0.25, 0.3) is 0 Å². The van der Waals surface area contributed by atoms with Gasteiger partial charge >= 0.3 is 0 Å². The first-order valence-electron chi connectivity index (χ1n) is 6.11. The summed E-state index contributed by atoms with van der Waals surface area (Å²) in [5.74, 6) is -0.972. The van der Waals surface area contributed by atoms with Crippen molar-refractivity contribution >= 4 is 28.9 Å². The van der Waals surface area contributed by atoms with E-state index in [1.807, 2.05) is 6.07 Å². The number of imide groups is 1. The van der Waals surface area contributed by atoms with Crippen LogP contribution >= 0.6 is 0 Å². The van der Waals surface area contributed by atoms with Crippen LogP contribution in [0.15, 0.2) is 36.4 Å². The Morgan fingerprint density at radius 2 is 1.52 bits per heavy atom. The summed E-state index contributed by atoms with van der Waals surface area (Å²) in [6.45, 7) is 0. The molecule has 6 heteroatoms. The summed E-state index contributed by atoms with van der Waals surface area (Å²) in [5.41, 5.74) is 12.9. The van der Waals surface area contributed by atoms with Crippen LogP contribution in [0.4, 0.5) is 17.1 Å². The van der Waals surface area contributed by atoms with Gasteiger partial charge in [0.2, 0.25) is 0 Å². The Morgan fingerprint density at radius 1 is 0.905 bits per heavy atom. The van der Waals surface area contributed by atoms with E-state index < -0.39 is 11.8 Å². The van der Waals surface area contributed by atoms with E-state index in [0.29, 0.717) is 11.4 Å². The second-order valence-corrected chi connectivity index (χ2v) is 4.64. The molecule has 6 nitrogen and oxygen atoms in total. The predicted octanol–water partition coefficient (Wildman–Crippen LogP) is 1.52. The van der Waals surface area contributed by atoms with Crippen LogP contribution in [0, 0.1) is 11.3 Å². The number of anilines is 3. The maximum Gasteiger partial charge on any atom is 0.266 e. The normalized spacial score (nSPS) is 13.2. The molecule has 0 saturated carbocycles. The standard InChI is InChI=1S/C15H10N4O2/c16-7-8-5-9(17)2-4-13(8)19-14(20)11-3-1-10(18)6-12(11)15(19)21/h1-6H,17-18H2. The van der Waals surface area contributed by atoms with Crippen LogP contribution in [0.1, 0.15) is 26.3 Å².